The van der Waals surface area contributed by atoms with E-state index in [2.05, 4.69) is 53.7 Å². The van der Waals surface area contributed by atoms with Crippen LogP contribution in [0.3, 0.4) is 0 Å². The predicted molar refractivity (Wildman–Crippen MR) is 133 cm³/mol. The normalized spacial score (nSPS) is 46.8. The Morgan fingerprint density at radius 1 is 1.06 bits per heavy atom. The van der Waals surface area contributed by atoms with Gasteiger partial charge >= 0.3 is 5.97 Å². The molecule has 8 unspecified atom stereocenters. The molecular weight excluding hydrogens is 428 g/mol. The van der Waals surface area contributed by atoms with Crippen molar-refractivity contribution in [3.63, 3.8) is 0 Å². The van der Waals surface area contributed by atoms with Crippen molar-refractivity contribution >= 4 is 5.97 Å². The summed E-state index contributed by atoms with van der Waals surface area (Å²) in [6.07, 6.45) is 11.7. The maximum absolute atomic E-state index is 13.6. The van der Waals surface area contributed by atoms with Gasteiger partial charge < -0.3 is 19.3 Å². The quantitative estimate of drug-likeness (QED) is 0.384. The SMILES string of the molecule is CC1=CC2C(=O)OC3CC(C/C=C(\C)C(C)C(C)/C=C/C=C4\COC(C1C)C42O)OC(C)(C)C3. The van der Waals surface area contributed by atoms with E-state index in [4.69, 9.17) is 14.2 Å². The number of ether oxygens (including phenoxy) is 3. The molecule has 0 aromatic carbocycles. The molecule has 0 amide bonds. The Kier molecular flexibility index (Phi) is 7.03. The Labute approximate surface area is 204 Å². The Hall–Kier alpha value is -1.69. The zero-order valence-electron chi connectivity index (χ0n) is 21.8. The van der Waals surface area contributed by atoms with Crippen LogP contribution in [0.25, 0.3) is 0 Å². The van der Waals surface area contributed by atoms with Crippen LogP contribution in [0.4, 0.5) is 0 Å². The molecule has 0 spiro atoms. The summed E-state index contributed by atoms with van der Waals surface area (Å²) in [7, 11) is 0. The zero-order valence-corrected chi connectivity index (χ0v) is 21.8. The van der Waals surface area contributed by atoms with Crippen LogP contribution in [0.15, 0.2) is 47.1 Å². The number of allylic oxidation sites excluding steroid dienone is 4. The lowest BCUT2D eigenvalue weighted by Crippen LogP contribution is -2.55. The first-order chi connectivity index (χ1) is 15.9. The van der Waals surface area contributed by atoms with E-state index in [0.29, 0.717) is 31.3 Å². The third kappa shape index (κ3) is 4.72. The molecule has 0 saturated carbocycles. The lowest BCUT2D eigenvalue weighted by Gasteiger charge is -2.43. The summed E-state index contributed by atoms with van der Waals surface area (Å²) >= 11 is 0. The summed E-state index contributed by atoms with van der Waals surface area (Å²) in [5, 5.41) is 12.0. The van der Waals surface area contributed by atoms with Gasteiger partial charge in [0.05, 0.1) is 24.4 Å². The Morgan fingerprint density at radius 2 is 1.79 bits per heavy atom. The van der Waals surface area contributed by atoms with E-state index in [-0.39, 0.29) is 29.7 Å². The third-order valence-corrected chi connectivity index (χ3v) is 8.63. The molecule has 0 radical (unpaired) electrons. The van der Waals surface area contributed by atoms with Crippen molar-refractivity contribution in [2.75, 3.05) is 6.61 Å². The largest absolute Gasteiger partial charge is 0.462 e. The number of fused-ring (bicyclic) bond motifs is 2. The number of carbonyl (C=O) groups excluding carboxylic acids is 1. The fourth-order valence-corrected chi connectivity index (χ4v) is 6.09. The van der Waals surface area contributed by atoms with Crippen LogP contribution >= 0.6 is 0 Å². The highest BCUT2D eigenvalue weighted by Gasteiger charge is 2.58. The standard InChI is InChI=1S/C29H42O5/c1-17-9-8-10-22-16-32-26-21(5)19(3)13-25(29(22,26)31)27(30)33-24-14-23(34-28(6,7)15-24)12-11-18(2)20(17)4/h8-11,13,17,20-21,23-26,31H,12,14-16H2,1-7H3/b9-8+,18-11+,22-10+. The summed E-state index contributed by atoms with van der Waals surface area (Å²) in [5.41, 5.74) is 1.35. The molecule has 2 bridgehead atoms. The molecular formula is C29H42O5. The topological polar surface area (TPSA) is 65.0 Å². The number of hydrogen-bond acceptors (Lipinski definition) is 5. The minimum atomic E-state index is -1.40. The van der Waals surface area contributed by atoms with E-state index in [1.54, 1.807) is 0 Å². The van der Waals surface area contributed by atoms with Crippen molar-refractivity contribution in [2.45, 2.75) is 97.2 Å². The number of esters is 1. The van der Waals surface area contributed by atoms with Gasteiger partial charge in [0.2, 0.25) is 0 Å². The van der Waals surface area contributed by atoms with Crippen LogP contribution in [0.2, 0.25) is 0 Å². The molecule has 0 aromatic rings. The smallest absolute Gasteiger partial charge is 0.316 e. The van der Waals surface area contributed by atoms with Gasteiger partial charge in [-0.15, -0.1) is 0 Å². The molecule has 4 rings (SSSR count). The van der Waals surface area contributed by atoms with E-state index in [1.807, 2.05) is 25.2 Å². The number of rotatable bonds is 0. The highest BCUT2D eigenvalue weighted by molar-refractivity contribution is 5.78. The maximum atomic E-state index is 13.6. The van der Waals surface area contributed by atoms with E-state index >= 15 is 0 Å². The first kappa shape index (κ1) is 25.4. The molecule has 2 saturated heterocycles. The predicted octanol–water partition coefficient (Wildman–Crippen LogP) is 5.30. The lowest BCUT2D eigenvalue weighted by molar-refractivity contribution is -0.184. The molecule has 188 valence electrons. The zero-order chi connectivity index (χ0) is 24.8. The van der Waals surface area contributed by atoms with Crippen molar-refractivity contribution in [2.24, 2.45) is 23.7 Å². The first-order valence-electron chi connectivity index (χ1n) is 12.9. The Morgan fingerprint density at radius 3 is 2.53 bits per heavy atom. The van der Waals surface area contributed by atoms with E-state index in [9.17, 15) is 9.90 Å². The van der Waals surface area contributed by atoms with Crippen molar-refractivity contribution in [1.82, 2.24) is 0 Å². The van der Waals surface area contributed by atoms with Crippen LogP contribution in [0.1, 0.15) is 67.7 Å². The summed E-state index contributed by atoms with van der Waals surface area (Å²) in [5.74, 6) is -0.421. The molecule has 3 aliphatic heterocycles. The second kappa shape index (κ2) is 9.40. The molecule has 3 heterocycles. The molecule has 1 aliphatic carbocycles. The fraction of sp³-hybridized carbons (Fsp3) is 0.690. The van der Waals surface area contributed by atoms with Gasteiger partial charge in [0, 0.05) is 18.8 Å². The van der Waals surface area contributed by atoms with Crippen molar-refractivity contribution < 1.29 is 24.1 Å². The summed E-state index contributed by atoms with van der Waals surface area (Å²) in [4.78, 5) is 13.6. The van der Waals surface area contributed by atoms with E-state index in [0.717, 1.165) is 17.6 Å². The van der Waals surface area contributed by atoms with Gasteiger partial charge in [-0.25, -0.2) is 0 Å². The molecule has 0 aromatic heterocycles. The Bertz CT molecular complexity index is 925. The van der Waals surface area contributed by atoms with Gasteiger partial charge in [-0.05, 0) is 51.5 Å². The van der Waals surface area contributed by atoms with Crippen molar-refractivity contribution in [1.29, 1.82) is 0 Å². The summed E-state index contributed by atoms with van der Waals surface area (Å²) in [6.45, 7) is 15.2. The molecule has 2 fully saturated rings. The molecule has 1 N–H and O–H groups in total. The van der Waals surface area contributed by atoms with Crippen molar-refractivity contribution in [3.05, 3.63) is 47.1 Å². The fourth-order valence-electron chi connectivity index (χ4n) is 6.09. The monoisotopic (exact) mass is 470 g/mol. The van der Waals surface area contributed by atoms with E-state index in [1.165, 1.54) is 5.57 Å². The van der Waals surface area contributed by atoms with Crippen LogP contribution in [0.5, 0.6) is 0 Å². The van der Waals surface area contributed by atoms with Gasteiger partial charge in [-0.2, -0.15) is 0 Å². The van der Waals surface area contributed by atoms with Crippen LogP contribution in [-0.2, 0) is 19.0 Å². The minimum Gasteiger partial charge on any atom is -0.462 e. The molecule has 5 nitrogen and oxygen atoms in total. The second-order valence-electron chi connectivity index (χ2n) is 11.6. The summed E-state index contributed by atoms with van der Waals surface area (Å²) in [6, 6.07) is 0. The minimum absolute atomic E-state index is 0.00721. The number of aliphatic hydroxyl groups is 1. The van der Waals surface area contributed by atoms with Crippen molar-refractivity contribution in [3.8, 4) is 0 Å². The van der Waals surface area contributed by atoms with Crippen LogP contribution < -0.4 is 0 Å². The highest BCUT2D eigenvalue weighted by Crippen LogP contribution is 2.48. The first-order valence-corrected chi connectivity index (χ1v) is 12.9. The van der Waals surface area contributed by atoms with Gasteiger partial charge in [0.1, 0.15) is 17.6 Å². The summed E-state index contributed by atoms with van der Waals surface area (Å²) < 4.78 is 18.6. The molecule has 34 heavy (non-hydrogen) atoms. The third-order valence-electron chi connectivity index (χ3n) is 8.63. The highest BCUT2D eigenvalue weighted by atomic mass is 16.6. The average Bonchev–Trinajstić information content (AvgIpc) is 3.09. The van der Waals surface area contributed by atoms with E-state index < -0.39 is 17.6 Å². The van der Waals surface area contributed by atoms with Gasteiger partial charge in [0.25, 0.3) is 0 Å². The lowest BCUT2D eigenvalue weighted by atomic mass is 9.68. The number of hydrogen-bond donors (Lipinski definition) is 1. The molecule has 8 atom stereocenters. The maximum Gasteiger partial charge on any atom is 0.316 e. The number of carbonyl (C=O) groups is 1. The van der Waals surface area contributed by atoms with Crippen LogP contribution in [-0.4, -0.2) is 47.2 Å². The van der Waals surface area contributed by atoms with Gasteiger partial charge in [-0.3, -0.25) is 4.79 Å². The Balaban J connectivity index is 1.76. The second-order valence-corrected chi connectivity index (χ2v) is 11.6. The van der Waals surface area contributed by atoms with Gasteiger partial charge in [-0.1, -0.05) is 62.3 Å². The molecule has 5 heteroatoms. The molecule has 4 aliphatic rings. The van der Waals surface area contributed by atoms with Crippen LogP contribution in [0, 0.1) is 23.7 Å². The van der Waals surface area contributed by atoms with Gasteiger partial charge in [0.15, 0.2) is 0 Å². The average molecular weight is 471 g/mol.